The number of para-hydroxylation sites is 1. The fourth-order valence-corrected chi connectivity index (χ4v) is 3.70. The lowest BCUT2D eigenvalue weighted by atomic mass is 10.0. The number of ether oxygens (including phenoxy) is 1. The van der Waals surface area contributed by atoms with Gasteiger partial charge in [0, 0.05) is 30.8 Å². The number of hydrogen-bond donors (Lipinski definition) is 1. The second kappa shape index (κ2) is 10.5. The van der Waals surface area contributed by atoms with Crippen LogP contribution in [0.5, 0.6) is 0 Å². The number of morpholine rings is 1. The predicted octanol–water partition coefficient (Wildman–Crippen LogP) is 4.25. The van der Waals surface area contributed by atoms with Crippen molar-refractivity contribution in [1.29, 1.82) is 0 Å². The number of nitro groups is 1. The first-order valence-corrected chi connectivity index (χ1v) is 10.8. The molecule has 0 unspecified atom stereocenters. The van der Waals surface area contributed by atoms with E-state index in [9.17, 15) is 19.7 Å². The average Bonchev–Trinajstić information content (AvgIpc) is 2.88. The monoisotopic (exact) mass is 457 g/mol. The molecule has 0 spiro atoms. The van der Waals surface area contributed by atoms with Gasteiger partial charge in [0.1, 0.15) is 0 Å². The Morgan fingerprint density at radius 2 is 1.65 bits per heavy atom. The highest BCUT2D eigenvalue weighted by atomic mass is 16.6. The summed E-state index contributed by atoms with van der Waals surface area (Å²) < 4.78 is 5.33. The third-order valence-corrected chi connectivity index (χ3v) is 5.43. The molecule has 4 rings (SSSR count). The third-order valence-electron chi connectivity index (χ3n) is 5.43. The number of benzene rings is 3. The van der Waals surface area contributed by atoms with Crippen LogP contribution in [0.15, 0.2) is 78.9 Å². The largest absolute Gasteiger partial charge is 0.378 e. The highest BCUT2D eigenvalue weighted by molar-refractivity contribution is 6.29. The zero-order valence-corrected chi connectivity index (χ0v) is 18.3. The Labute approximate surface area is 196 Å². The van der Waals surface area contributed by atoms with E-state index in [1.54, 1.807) is 71.6 Å². The minimum Gasteiger partial charge on any atom is -0.378 e. The average molecular weight is 457 g/mol. The van der Waals surface area contributed by atoms with Crippen LogP contribution in [0.2, 0.25) is 0 Å². The van der Waals surface area contributed by atoms with Crippen LogP contribution >= 0.6 is 0 Å². The van der Waals surface area contributed by atoms with Gasteiger partial charge in [0.2, 0.25) is 0 Å². The van der Waals surface area contributed by atoms with Gasteiger partial charge in [0.25, 0.3) is 17.5 Å². The van der Waals surface area contributed by atoms with E-state index in [4.69, 9.17) is 4.74 Å². The number of amides is 2. The van der Waals surface area contributed by atoms with Crippen molar-refractivity contribution in [2.24, 2.45) is 0 Å². The van der Waals surface area contributed by atoms with Gasteiger partial charge >= 0.3 is 0 Å². The van der Waals surface area contributed by atoms with Crippen molar-refractivity contribution in [1.82, 2.24) is 4.90 Å². The number of nitrogens with zero attached hydrogens (tertiary/aromatic N) is 2. The molecule has 1 N–H and O–H groups in total. The van der Waals surface area contributed by atoms with E-state index in [2.05, 4.69) is 5.32 Å². The number of non-ortho nitro benzene ring substituents is 1. The van der Waals surface area contributed by atoms with E-state index in [1.807, 2.05) is 6.07 Å². The van der Waals surface area contributed by atoms with Gasteiger partial charge in [0.05, 0.1) is 29.4 Å². The van der Waals surface area contributed by atoms with E-state index in [0.29, 0.717) is 54.3 Å². The highest BCUT2D eigenvalue weighted by Crippen LogP contribution is 2.25. The van der Waals surface area contributed by atoms with Crippen molar-refractivity contribution in [2.45, 2.75) is 0 Å². The number of carbonyl (C=O) groups is 2. The van der Waals surface area contributed by atoms with Gasteiger partial charge in [0.15, 0.2) is 0 Å². The lowest BCUT2D eigenvalue weighted by Gasteiger charge is -2.27. The Morgan fingerprint density at radius 1 is 0.941 bits per heavy atom. The molecule has 0 atom stereocenters. The van der Waals surface area contributed by atoms with E-state index in [0.717, 1.165) is 0 Å². The molecule has 3 aromatic carbocycles. The molecule has 0 bridgehead atoms. The Kier molecular flexibility index (Phi) is 7.10. The lowest BCUT2D eigenvalue weighted by molar-refractivity contribution is -0.384. The van der Waals surface area contributed by atoms with Gasteiger partial charge < -0.3 is 15.0 Å². The Balaban J connectivity index is 1.67. The molecule has 1 heterocycles. The maximum atomic E-state index is 13.4. The molecule has 2 amide bonds. The standard InChI is InChI=1S/C26H23N3O5/c30-25(27-24-12-5-4-11-22(24)26(31)28-13-15-34-16-14-28)23(20-8-2-1-3-9-20)18-19-7-6-10-21(17-19)29(32)33/h1-12,17-18H,13-16H2,(H,27,30)/b23-18+. The summed E-state index contributed by atoms with van der Waals surface area (Å²) in [6.45, 7) is 1.93. The zero-order chi connectivity index (χ0) is 23.9. The maximum absolute atomic E-state index is 13.4. The van der Waals surface area contributed by atoms with Crippen LogP contribution in [0.4, 0.5) is 11.4 Å². The zero-order valence-electron chi connectivity index (χ0n) is 18.3. The number of carbonyl (C=O) groups excluding carboxylic acids is 2. The first-order valence-electron chi connectivity index (χ1n) is 10.8. The topological polar surface area (TPSA) is 102 Å². The van der Waals surface area contributed by atoms with E-state index >= 15 is 0 Å². The smallest absolute Gasteiger partial charge is 0.270 e. The summed E-state index contributed by atoms with van der Waals surface area (Å²) in [6.07, 6.45) is 1.60. The van der Waals surface area contributed by atoms with Gasteiger partial charge in [-0.2, -0.15) is 0 Å². The highest BCUT2D eigenvalue weighted by Gasteiger charge is 2.22. The molecular weight excluding hydrogens is 434 g/mol. The van der Waals surface area contributed by atoms with Gasteiger partial charge in [-0.3, -0.25) is 19.7 Å². The molecule has 1 aliphatic rings. The van der Waals surface area contributed by atoms with Crippen molar-refractivity contribution in [3.05, 3.63) is 106 Å². The SMILES string of the molecule is O=C(Nc1ccccc1C(=O)N1CCOCC1)/C(=C/c1cccc([N+](=O)[O-])c1)c1ccccc1. The Morgan fingerprint density at radius 3 is 2.38 bits per heavy atom. The van der Waals surface area contributed by atoms with Crippen LogP contribution < -0.4 is 5.32 Å². The fraction of sp³-hybridized carbons (Fsp3) is 0.154. The van der Waals surface area contributed by atoms with Crippen LogP contribution in [-0.2, 0) is 9.53 Å². The van der Waals surface area contributed by atoms with Gasteiger partial charge in [-0.25, -0.2) is 0 Å². The van der Waals surface area contributed by atoms with E-state index in [1.165, 1.54) is 12.1 Å². The molecule has 172 valence electrons. The van der Waals surface area contributed by atoms with Gasteiger partial charge in [-0.05, 0) is 29.3 Å². The van der Waals surface area contributed by atoms with Crippen LogP contribution in [0.25, 0.3) is 11.6 Å². The van der Waals surface area contributed by atoms with Gasteiger partial charge in [-0.15, -0.1) is 0 Å². The number of nitro benzene ring substituents is 1. The normalized spacial score (nSPS) is 13.9. The number of rotatable bonds is 6. The second-order valence-corrected chi connectivity index (χ2v) is 7.68. The van der Waals surface area contributed by atoms with Crippen molar-refractivity contribution in [2.75, 3.05) is 31.6 Å². The van der Waals surface area contributed by atoms with Gasteiger partial charge in [-0.1, -0.05) is 54.6 Å². The Bertz CT molecular complexity index is 1230. The summed E-state index contributed by atoms with van der Waals surface area (Å²) in [5.74, 6) is -0.608. The van der Waals surface area contributed by atoms with Crippen LogP contribution in [0.1, 0.15) is 21.5 Å². The van der Waals surface area contributed by atoms with Crippen LogP contribution in [0.3, 0.4) is 0 Å². The van der Waals surface area contributed by atoms with Crippen LogP contribution in [0, 0.1) is 10.1 Å². The second-order valence-electron chi connectivity index (χ2n) is 7.68. The molecule has 34 heavy (non-hydrogen) atoms. The summed E-state index contributed by atoms with van der Waals surface area (Å²) in [4.78, 5) is 38.9. The molecule has 8 heteroatoms. The summed E-state index contributed by atoms with van der Waals surface area (Å²) in [6, 6.07) is 21.9. The quantitative estimate of drug-likeness (QED) is 0.258. The molecule has 1 fully saturated rings. The van der Waals surface area contributed by atoms with E-state index < -0.39 is 10.8 Å². The molecule has 1 saturated heterocycles. The van der Waals surface area contributed by atoms with Crippen LogP contribution in [-0.4, -0.2) is 47.9 Å². The third kappa shape index (κ3) is 5.36. The fourth-order valence-electron chi connectivity index (χ4n) is 3.70. The molecule has 3 aromatic rings. The number of anilines is 1. The molecule has 0 aromatic heterocycles. The minimum atomic E-state index is -0.479. The molecular formula is C26H23N3O5. The van der Waals surface area contributed by atoms with Crippen molar-refractivity contribution >= 4 is 34.8 Å². The summed E-state index contributed by atoms with van der Waals surface area (Å²) in [5.41, 5.74) is 2.19. The molecule has 0 aliphatic carbocycles. The molecule has 1 aliphatic heterocycles. The van der Waals surface area contributed by atoms with Crippen molar-refractivity contribution in [3.8, 4) is 0 Å². The first kappa shape index (κ1) is 22.9. The van der Waals surface area contributed by atoms with Crippen molar-refractivity contribution < 1.29 is 19.2 Å². The minimum absolute atomic E-state index is 0.0666. The van der Waals surface area contributed by atoms with E-state index in [-0.39, 0.29) is 11.6 Å². The molecule has 0 radical (unpaired) electrons. The summed E-state index contributed by atoms with van der Waals surface area (Å²) >= 11 is 0. The first-order chi connectivity index (χ1) is 16.5. The maximum Gasteiger partial charge on any atom is 0.270 e. The molecule has 8 nitrogen and oxygen atoms in total. The summed E-state index contributed by atoms with van der Waals surface area (Å²) in [5, 5.41) is 14.0. The Hall–Kier alpha value is -4.30. The number of nitrogens with one attached hydrogen (secondary N) is 1. The molecule has 0 saturated carbocycles. The predicted molar refractivity (Wildman–Crippen MR) is 129 cm³/mol. The lowest BCUT2D eigenvalue weighted by Crippen LogP contribution is -2.41. The number of hydrogen-bond acceptors (Lipinski definition) is 5. The van der Waals surface area contributed by atoms with Crippen molar-refractivity contribution in [3.63, 3.8) is 0 Å². The summed E-state index contributed by atoms with van der Waals surface area (Å²) in [7, 11) is 0.